The zero-order valence-electron chi connectivity index (χ0n) is 19.2. The van der Waals surface area contributed by atoms with E-state index >= 15 is 0 Å². The van der Waals surface area contributed by atoms with Gasteiger partial charge in [-0.1, -0.05) is 17.7 Å². The maximum absolute atomic E-state index is 13.0. The van der Waals surface area contributed by atoms with Crippen LogP contribution in [0.25, 0.3) is 0 Å². The third-order valence-electron chi connectivity index (χ3n) is 4.21. The molecule has 0 aliphatic heterocycles. The Kier molecular flexibility index (Phi) is 7.65. The number of ether oxygens (including phenoxy) is 2. The minimum absolute atomic E-state index is 0.477. The number of halogens is 1. The number of aromatic amines is 1. The highest BCUT2D eigenvalue weighted by atomic mass is 35.5. The van der Waals surface area contributed by atoms with Gasteiger partial charge in [0.25, 0.3) is 0 Å². The maximum Gasteiger partial charge on any atom is 0.420 e. The van der Waals surface area contributed by atoms with Crippen LogP contribution in [-0.4, -0.2) is 33.3 Å². The number of nitrogens with one attached hydrogen (secondary N) is 2. The van der Waals surface area contributed by atoms with Crippen molar-refractivity contribution in [2.75, 3.05) is 5.32 Å². The third kappa shape index (κ3) is 7.51. The van der Waals surface area contributed by atoms with Gasteiger partial charge in [0.05, 0.1) is 11.7 Å². The Balaban J connectivity index is 2.39. The minimum Gasteiger partial charge on any atom is -0.443 e. The highest BCUT2D eigenvalue weighted by Gasteiger charge is 2.36. The fourth-order valence-electron chi connectivity index (χ4n) is 2.90. The molecule has 1 aromatic heterocycles. The lowest BCUT2D eigenvalue weighted by Gasteiger charge is -2.33. The van der Waals surface area contributed by atoms with Crippen LogP contribution in [0.2, 0.25) is 5.02 Å². The Labute approximate surface area is 189 Å². The number of carbonyl (C=O) groups excluding carboxylic acids is 2. The number of H-pyrrole nitrogens is 1. The van der Waals surface area contributed by atoms with E-state index in [0.717, 1.165) is 16.2 Å². The van der Waals surface area contributed by atoms with Crippen molar-refractivity contribution in [3.8, 4) is 0 Å². The Morgan fingerprint density at radius 1 is 1.06 bits per heavy atom. The van der Waals surface area contributed by atoms with Gasteiger partial charge in [-0.3, -0.25) is 0 Å². The zero-order chi connectivity index (χ0) is 23.4. The van der Waals surface area contributed by atoms with E-state index in [1.165, 1.54) is 0 Å². The van der Waals surface area contributed by atoms with Crippen molar-refractivity contribution in [3.05, 3.63) is 52.8 Å². The molecular weight excluding hydrogens is 418 g/mol. The van der Waals surface area contributed by atoms with Gasteiger partial charge in [0, 0.05) is 24.0 Å². The topological polar surface area (TPSA) is 83.7 Å². The van der Waals surface area contributed by atoms with Crippen LogP contribution in [0.3, 0.4) is 0 Å². The molecule has 0 aliphatic rings. The quantitative estimate of drug-likeness (QED) is 0.543. The van der Waals surface area contributed by atoms with Gasteiger partial charge in [0.15, 0.2) is 0 Å². The molecule has 170 valence electrons. The van der Waals surface area contributed by atoms with Crippen molar-refractivity contribution >= 4 is 29.5 Å². The molecule has 2 aromatic rings. The Hall–Kier alpha value is -2.67. The van der Waals surface area contributed by atoms with Gasteiger partial charge in [0.1, 0.15) is 11.2 Å². The first kappa shape index (κ1) is 24.6. The summed E-state index contributed by atoms with van der Waals surface area (Å²) in [6.07, 6.45) is 2.10. The molecule has 0 fully saturated rings. The standard InChI is InChI=1S/C23H32ClN3O4/c1-15(27(20(28)30-22(2,3)4)21(29)31-23(5,6)7)19-12-17(24)9-8-16(19)13-26-18-10-11-25-14-18/h8-12,14-15,25-26H,13H2,1-7H3/t15-/m1/s1. The van der Waals surface area contributed by atoms with Gasteiger partial charge in [-0.05, 0) is 77.8 Å². The normalized spacial score (nSPS) is 12.8. The molecule has 1 heterocycles. The summed E-state index contributed by atoms with van der Waals surface area (Å²) in [7, 11) is 0. The van der Waals surface area contributed by atoms with Crippen molar-refractivity contribution in [2.45, 2.75) is 72.3 Å². The lowest BCUT2D eigenvalue weighted by molar-refractivity contribution is -0.00614. The molecule has 2 amide bonds. The Morgan fingerprint density at radius 2 is 1.65 bits per heavy atom. The molecule has 0 aliphatic carbocycles. The van der Waals surface area contributed by atoms with Gasteiger partial charge in [0.2, 0.25) is 0 Å². The van der Waals surface area contributed by atoms with Gasteiger partial charge < -0.3 is 19.8 Å². The lowest BCUT2D eigenvalue weighted by Crippen LogP contribution is -2.45. The van der Waals surface area contributed by atoms with Crippen LogP contribution < -0.4 is 5.32 Å². The van der Waals surface area contributed by atoms with Crippen LogP contribution in [-0.2, 0) is 16.0 Å². The largest absolute Gasteiger partial charge is 0.443 e. The highest BCUT2D eigenvalue weighted by Crippen LogP contribution is 2.30. The number of nitrogens with zero attached hydrogens (tertiary/aromatic N) is 1. The third-order valence-corrected chi connectivity index (χ3v) is 4.44. The van der Waals surface area contributed by atoms with E-state index in [2.05, 4.69) is 10.3 Å². The fourth-order valence-corrected chi connectivity index (χ4v) is 3.08. The van der Waals surface area contributed by atoms with Crippen molar-refractivity contribution in [1.82, 2.24) is 9.88 Å². The number of carbonyl (C=O) groups is 2. The van der Waals surface area contributed by atoms with E-state index in [4.69, 9.17) is 21.1 Å². The average molecular weight is 450 g/mol. The van der Waals surface area contributed by atoms with Crippen LogP contribution in [0, 0.1) is 0 Å². The molecule has 8 heteroatoms. The Morgan fingerprint density at radius 3 is 2.13 bits per heavy atom. The average Bonchev–Trinajstić information content (AvgIpc) is 3.11. The van der Waals surface area contributed by atoms with Crippen LogP contribution >= 0.6 is 11.6 Å². The first-order chi connectivity index (χ1) is 14.3. The number of benzene rings is 1. The van der Waals surface area contributed by atoms with Crippen LogP contribution in [0.5, 0.6) is 0 Å². The first-order valence-electron chi connectivity index (χ1n) is 10.2. The van der Waals surface area contributed by atoms with Crippen LogP contribution in [0.4, 0.5) is 15.3 Å². The van der Waals surface area contributed by atoms with E-state index in [-0.39, 0.29) is 0 Å². The summed E-state index contributed by atoms with van der Waals surface area (Å²) in [5.74, 6) is 0. The number of aromatic nitrogens is 1. The molecule has 0 unspecified atom stereocenters. The molecule has 1 aromatic carbocycles. The van der Waals surface area contributed by atoms with E-state index in [9.17, 15) is 9.59 Å². The van der Waals surface area contributed by atoms with E-state index in [1.807, 2.05) is 24.5 Å². The molecule has 31 heavy (non-hydrogen) atoms. The first-order valence-corrected chi connectivity index (χ1v) is 10.5. The molecule has 7 nitrogen and oxygen atoms in total. The predicted octanol–water partition coefficient (Wildman–Crippen LogP) is 6.51. The summed E-state index contributed by atoms with van der Waals surface area (Å²) in [6, 6.07) is 6.63. The number of hydrogen-bond donors (Lipinski definition) is 2. The van der Waals surface area contributed by atoms with Crippen molar-refractivity contribution in [2.24, 2.45) is 0 Å². The van der Waals surface area contributed by atoms with E-state index in [1.54, 1.807) is 60.6 Å². The second-order valence-electron chi connectivity index (χ2n) is 9.30. The second kappa shape index (κ2) is 9.64. The van der Waals surface area contributed by atoms with Crippen molar-refractivity contribution in [3.63, 3.8) is 0 Å². The number of anilines is 1. The summed E-state index contributed by atoms with van der Waals surface area (Å²) in [5.41, 5.74) is 0.973. The molecule has 2 N–H and O–H groups in total. The SMILES string of the molecule is C[C@H](c1cc(Cl)ccc1CNc1cc[nH]c1)N(C(=O)OC(C)(C)C)C(=O)OC(C)(C)C. The number of imide groups is 1. The number of rotatable bonds is 5. The zero-order valence-corrected chi connectivity index (χ0v) is 20.0. The lowest BCUT2D eigenvalue weighted by atomic mass is 10.00. The molecule has 0 saturated heterocycles. The molecule has 0 saturated carbocycles. The van der Waals surface area contributed by atoms with Crippen LogP contribution in [0.15, 0.2) is 36.7 Å². The minimum atomic E-state index is -0.779. The summed E-state index contributed by atoms with van der Waals surface area (Å²) in [6.45, 7) is 12.7. The molecular formula is C23H32ClN3O4. The monoisotopic (exact) mass is 449 g/mol. The van der Waals surface area contributed by atoms with E-state index in [0.29, 0.717) is 17.1 Å². The number of amides is 2. The highest BCUT2D eigenvalue weighted by molar-refractivity contribution is 6.30. The molecule has 1 atom stereocenters. The van der Waals surface area contributed by atoms with Gasteiger partial charge in [-0.2, -0.15) is 0 Å². The van der Waals surface area contributed by atoms with Crippen molar-refractivity contribution < 1.29 is 19.1 Å². The van der Waals surface area contributed by atoms with Gasteiger partial charge >= 0.3 is 12.2 Å². The smallest absolute Gasteiger partial charge is 0.420 e. The summed E-state index contributed by atoms with van der Waals surface area (Å²) >= 11 is 6.26. The summed E-state index contributed by atoms with van der Waals surface area (Å²) in [4.78, 5) is 30.0. The maximum atomic E-state index is 13.0. The Bertz CT molecular complexity index is 871. The predicted molar refractivity (Wildman–Crippen MR) is 122 cm³/mol. The molecule has 0 bridgehead atoms. The summed E-state index contributed by atoms with van der Waals surface area (Å²) in [5, 5.41) is 3.80. The summed E-state index contributed by atoms with van der Waals surface area (Å²) < 4.78 is 11.0. The number of hydrogen-bond acceptors (Lipinski definition) is 5. The second-order valence-corrected chi connectivity index (χ2v) is 9.74. The van der Waals surface area contributed by atoms with Gasteiger partial charge in [-0.15, -0.1) is 0 Å². The molecule has 2 rings (SSSR count). The fraction of sp³-hybridized carbons (Fsp3) is 0.478. The van der Waals surface area contributed by atoms with E-state index < -0.39 is 29.4 Å². The molecule has 0 spiro atoms. The van der Waals surface area contributed by atoms with Crippen LogP contribution in [0.1, 0.15) is 65.6 Å². The van der Waals surface area contributed by atoms with Gasteiger partial charge in [-0.25, -0.2) is 14.5 Å². The molecule has 0 radical (unpaired) electrons. The van der Waals surface area contributed by atoms with Crippen molar-refractivity contribution in [1.29, 1.82) is 0 Å².